The van der Waals surface area contributed by atoms with Crippen LogP contribution in [0.2, 0.25) is 0 Å². The molecule has 0 aromatic rings. The molecule has 0 heterocycles. The summed E-state index contributed by atoms with van der Waals surface area (Å²) in [4.78, 5) is 0. The number of halogens is 2. The summed E-state index contributed by atoms with van der Waals surface area (Å²) in [5.41, 5.74) is 0. The van der Waals surface area contributed by atoms with Gasteiger partial charge in [-0.25, -0.2) is 0 Å². The van der Waals surface area contributed by atoms with E-state index in [-0.39, 0.29) is 0 Å². The number of alkyl halides is 1. The second-order valence-corrected chi connectivity index (χ2v) is 4.30. The highest BCUT2D eigenvalue weighted by molar-refractivity contribution is 14.1. The van der Waals surface area contributed by atoms with E-state index < -0.39 is 0 Å². The average molecular weight is 317 g/mol. The average Bonchev–Trinajstić information content (AvgIpc) is 1.89. The minimum Gasteiger partial charge on any atom is -0.0883 e. The summed E-state index contributed by atoms with van der Waals surface area (Å²) >= 11 is 5.79. The number of allylic oxidation sites excluding steroid dienone is 2. The molecule has 0 aliphatic carbocycles. The van der Waals surface area contributed by atoms with Gasteiger partial charge in [0, 0.05) is 5.33 Å². The maximum Gasteiger partial charge on any atom is 0.0222 e. The molecule has 0 aliphatic heterocycles. The van der Waals surface area contributed by atoms with Crippen LogP contribution < -0.4 is 0 Å². The fourth-order valence-corrected chi connectivity index (χ4v) is 2.33. The first kappa shape index (κ1) is 11.0. The Bertz CT molecular complexity index is 99.4. The predicted octanol–water partition coefficient (Wildman–Crippen LogP) is 4.28. The lowest BCUT2D eigenvalue weighted by atomic mass is 10.2. The van der Waals surface area contributed by atoms with Gasteiger partial charge in [0.15, 0.2) is 0 Å². The second kappa shape index (κ2) is 8.05. The first-order chi connectivity index (χ1) is 4.81. The van der Waals surface area contributed by atoms with Gasteiger partial charge in [-0.15, -0.1) is 0 Å². The van der Waals surface area contributed by atoms with Crippen LogP contribution in [0.3, 0.4) is 0 Å². The van der Waals surface area contributed by atoms with Crippen molar-refractivity contribution in [3.8, 4) is 0 Å². The molecule has 0 radical (unpaired) electrons. The van der Waals surface area contributed by atoms with Crippen molar-refractivity contribution in [1.29, 1.82) is 0 Å². The minimum atomic E-state index is 0.997. The van der Waals surface area contributed by atoms with Crippen molar-refractivity contribution in [3.05, 3.63) is 9.66 Å². The lowest BCUT2D eigenvalue weighted by Crippen LogP contribution is -1.75. The molecule has 0 saturated carbocycles. The molecule has 0 amide bonds. The van der Waals surface area contributed by atoms with E-state index in [0.29, 0.717) is 0 Å². The molecule has 0 aromatic carbocycles. The molecule has 60 valence electrons. The van der Waals surface area contributed by atoms with E-state index in [1.54, 1.807) is 0 Å². The quantitative estimate of drug-likeness (QED) is 0.403. The molecule has 0 fully saturated rings. The van der Waals surface area contributed by atoms with Gasteiger partial charge in [-0.2, -0.15) is 0 Å². The Hall–Kier alpha value is 0.950. The Labute approximate surface area is 85.7 Å². The van der Waals surface area contributed by atoms with E-state index in [1.165, 1.54) is 29.3 Å². The third-order valence-electron chi connectivity index (χ3n) is 1.32. The standard InChI is InChI=1S/C8H14BrI/c1-2-3-4-5-8(10)6-7-9/h6H,2-5,7H2,1H3/b8-6-. The van der Waals surface area contributed by atoms with E-state index in [2.05, 4.69) is 51.5 Å². The Balaban J connectivity index is 3.21. The zero-order chi connectivity index (χ0) is 7.82. The summed E-state index contributed by atoms with van der Waals surface area (Å²) in [5, 5.41) is 0.997. The number of unbranched alkanes of at least 4 members (excludes halogenated alkanes) is 2. The normalized spacial score (nSPS) is 12.1. The van der Waals surface area contributed by atoms with Gasteiger partial charge in [0.1, 0.15) is 0 Å². The van der Waals surface area contributed by atoms with Gasteiger partial charge in [0.25, 0.3) is 0 Å². The highest BCUT2D eigenvalue weighted by Gasteiger charge is 1.89. The van der Waals surface area contributed by atoms with E-state index >= 15 is 0 Å². The molecule has 0 aromatic heterocycles. The molecular weight excluding hydrogens is 303 g/mol. The van der Waals surface area contributed by atoms with Crippen molar-refractivity contribution in [2.75, 3.05) is 5.33 Å². The maximum absolute atomic E-state index is 3.38. The molecule has 0 saturated heterocycles. The summed E-state index contributed by atoms with van der Waals surface area (Å²) in [5.74, 6) is 0. The van der Waals surface area contributed by atoms with E-state index in [1.807, 2.05) is 0 Å². The van der Waals surface area contributed by atoms with Crippen LogP contribution in [0.5, 0.6) is 0 Å². The third kappa shape index (κ3) is 7.06. The van der Waals surface area contributed by atoms with Crippen molar-refractivity contribution in [3.63, 3.8) is 0 Å². The van der Waals surface area contributed by atoms with Crippen LogP contribution >= 0.6 is 38.5 Å². The van der Waals surface area contributed by atoms with Gasteiger partial charge in [-0.3, -0.25) is 0 Å². The van der Waals surface area contributed by atoms with Gasteiger partial charge in [-0.1, -0.05) is 41.8 Å². The number of hydrogen-bond donors (Lipinski definition) is 0. The smallest absolute Gasteiger partial charge is 0.0222 e. The molecule has 0 unspecified atom stereocenters. The highest BCUT2D eigenvalue weighted by atomic mass is 127. The van der Waals surface area contributed by atoms with Crippen molar-refractivity contribution in [1.82, 2.24) is 0 Å². The zero-order valence-electron chi connectivity index (χ0n) is 6.37. The van der Waals surface area contributed by atoms with Crippen molar-refractivity contribution in [2.24, 2.45) is 0 Å². The topological polar surface area (TPSA) is 0 Å². The highest BCUT2D eigenvalue weighted by Crippen LogP contribution is 2.15. The zero-order valence-corrected chi connectivity index (χ0v) is 10.1. The maximum atomic E-state index is 3.38. The van der Waals surface area contributed by atoms with Crippen molar-refractivity contribution < 1.29 is 0 Å². The summed E-state index contributed by atoms with van der Waals surface area (Å²) in [7, 11) is 0. The van der Waals surface area contributed by atoms with Crippen LogP contribution in [0.25, 0.3) is 0 Å². The predicted molar refractivity (Wildman–Crippen MR) is 60.0 cm³/mol. The monoisotopic (exact) mass is 316 g/mol. The Morgan fingerprint density at radius 2 is 2.20 bits per heavy atom. The summed E-state index contributed by atoms with van der Waals surface area (Å²) < 4.78 is 1.49. The molecule has 0 N–H and O–H groups in total. The first-order valence-corrected chi connectivity index (χ1v) is 5.91. The molecule has 0 atom stereocenters. The summed E-state index contributed by atoms with van der Waals surface area (Å²) in [6.07, 6.45) is 7.52. The Kier molecular flexibility index (Phi) is 8.82. The van der Waals surface area contributed by atoms with Crippen LogP contribution in [0.1, 0.15) is 32.6 Å². The fraction of sp³-hybridized carbons (Fsp3) is 0.750. The molecular formula is C8H14BrI. The number of rotatable bonds is 5. The van der Waals surface area contributed by atoms with Gasteiger partial charge >= 0.3 is 0 Å². The largest absolute Gasteiger partial charge is 0.0883 e. The van der Waals surface area contributed by atoms with E-state index in [4.69, 9.17) is 0 Å². The third-order valence-corrected chi connectivity index (χ3v) is 2.62. The molecule has 10 heavy (non-hydrogen) atoms. The van der Waals surface area contributed by atoms with E-state index in [0.717, 1.165) is 5.33 Å². The lowest BCUT2D eigenvalue weighted by molar-refractivity contribution is 0.727. The molecule has 0 nitrogen and oxygen atoms in total. The molecule has 0 rings (SSSR count). The van der Waals surface area contributed by atoms with E-state index in [9.17, 15) is 0 Å². The Morgan fingerprint density at radius 1 is 1.50 bits per heavy atom. The first-order valence-electron chi connectivity index (χ1n) is 3.71. The van der Waals surface area contributed by atoms with Gasteiger partial charge < -0.3 is 0 Å². The van der Waals surface area contributed by atoms with Crippen molar-refractivity contribution >= 4 is 38.5 Å². The molecule has 0 spiro atoms. The minimum absolute atomic E-state index is 0.997. The molecule has 0 aliphatic rings. The van der Waals surface area contributed by atoms with Gasteiger partial charge in [0.05, 0.1) is 0 Å². The van der Waals surface area contributed by atoms with Gasteiger partial charge in [-0.05, 0) is 39.0 Å². The van der Waals surface area contributed by atoms with Crippen LogP contribution in [-0.2, 0) is 0 Å². The van der Waals surface area contributed by atoms with Crippen LogP contribution in [0, 0.1) is 0 Å². The summed E-state index contributed by atoms with van der Waals surface area (Å²) in [6.45, 7) is 2.24. The lowest BCUT2D eigenvalue weighted by Gasteiger charge is -1.96. The van der Waals surface area contributed by atoms with Crippen molar-refractivity contribution in [2.45, 2.75) is 32.6 Å². The fourth-order valence-electron chi connectivity index (χ4n) is 0.730. The van der Waals surface area contributed by atoms with Gasteiger partial charge in [0.2, 0.25) is 0 Å². The SMILES string of the molecule is CCCCC/C(I)=C/CBr. The molecule has 0 bridgehead atoms. The Morgan fingerprint density at radius 3 is 2.70 bits per heavy atom. The molecule has 2 heteroatoms. The van der Waals surface area contributed by atoms with Crippen LogP contribution in [0.15, 0.2) is 9.66 Å². The van der Waals surface area contributed by atoms with Crippen LogP contribution in [0.4, 0.5) is 0 Å². The number of hydrogen-bond acceptors (Lipinski definition) is 0. The summed E-state index contributed by atoms with van der Waals surface area (Å²) in [6, 6.07) is 0. The van der Waals surface area contributed by atoms with Crippen LogP contribution in [-0.4, -0.2) is 5.33 Å². The second-order valence-electron chi connectivity index (χ2n) is 2.26.